The summed E-state index contributed by atoms with van der Waals surface area (Å²) in [6.07, 6.45) is 5.68. The van der Waals surface area contributed by atoms with Gasteiger partial charge in [0.2, 0.25) is 0 Å². The number of pyridine rings is 1. The van der Waals surface area contributed by atoms with E-state index in [-0.39, 0.29) is 11.7 Å². The molecule has 0 bridgehead atoms. The molecule has 0 aliphatic carbocycles. The van der Waals surface area contributed by atoms with Gasteiger partial charge >= 0.3 is 0 Å². The number of nitrogens with zero attached hydrogens (tertiary/aromatic N) is 3. The molecule has 23 heavy (non-hydrogen) atoms. The predicted octanol–water partition coefficient (Wildman–Crippen LogP) is 2.66. The maximum atomic E-state index is 6.10. The number of ether oxygens (including phenoxy) is 2. The van der Waals surface area contributed by atoms with Crippen LogP contribution in [0.25, 0.3) is 0 Å². The average Bonchev–Trinajstić information content (AvgIpc) is 2.92. The molecule has 2 aromatic heterocycles. The highest BCUT2D eigenvalue weighted by Gasteiger charge is 2.48. The minimum absolute atomic E-state index is 0.0241. The number of likely N-dealkylation sites (tertiary alicyclic amines) is 1. The fraction of sp³-hybridized carbons (Fsp3) is 0.529. The Hall–Kier alpha value is -1.50. The lowest BCUT2D eigenvalue weighted by atomic mass is 9.84. The van der Waals surface area contributed by atoms with Crippen LogP contribution in [0.5, 0.6) is 5.75 Å². The Kier molecular flexibility index (Phi) is 4.05. The third kappa shape index (κ3) is 3.24. The van der Waals surface area contributed by atoms with Crippen molar-refractivity contribution in [2.24, 2.45) is 0 Å². The molecule has 2 aromatic rings. The van der Waals surface area contributed by atoms with Crippen molar-refractivity contribution in [3.8, 4) is 5.75 Å². The van der Waals surface area contributed by atoms with Gasteiger partial charge in [-0.05, 0) is 19.1 Å². The van der Waals surface area contributed by atoms with E-state index in [1.165, 1.54) is 4.88 Å². The van der Waals surface area contributed by atoms with Gasteiger partial charge in [0.25, 0.3) is 0 Å². The van der Waals surface area contributed by atoms with Crippen molar-refractivity contribution in [2.75, 3.05) is 19.7 Å². The van der Waals surface area contributed by atoms with Crippen LogP contribution in [0.3, 0.4) is 0 Å². The van der Waals surface area contributed by atoms with Gasteiger partial charge in [-0.2, -0.15) is 0 Å². The Morgan fingerprint density at radius 3 is 3.13 bits per heavy atom. The van der Waals surface area contributed by atoms with Crippen molar-refractivity contribution in [1.82, 2.24) is 14.9 Å². The Morgan fingerprint density at radius 2 is 2.39 bits per heavy atom. The Labute approximate surface area is 140 Å². The van der Waals surface area contributed by atoms with Crippen LogP contribution < -0.4 is 4.74 Å². The first-order valence-electron chi connectivity index (χ1n) is 8.04. The van der Waals surface area contributed by atoms with Crippen LogP contribution in [0.2, 0.25) is 0 Å². The van der Waals surface area contributed by atoms with E-state index in [2.05, 4.69) is 21.8 Å². The molecule has 1 atom stereocenters. The SMILES string of the molecule is Cc1ncsc1CN1CC2(C[C@H](Oc3cccnc3)CCO2)C1. The van der Waals surface area contributed by atoms with Gasteiger partial charge in [-0.15, -0.1) is 11.3 Å². The van der Waals surface area contributed by atoms with E-state index < -0.39 is 0 Å². The van der Waals surface area contributed by atoms with Crippen LogP contribution in [0.1, 0.15) is 23.4 Å². The Morgan fingerprint density at radius 1 is 1.48 bits per heavy atom. The van der Waals surface area contributed by atoms with E-state index in [4.69, 9.17) is 9.47 Å². The summed E-state index contributed by atoms with van der Waals surface area (Å²) in [6, 6.07) is 3.88. The highest BCUT2D eigenvalue weighted by molar-refractivity contribution is 7.09. The van der Waals surface area contributed by atoms with Crippen molar-refractivity contribution in [3.05, 3.63) is 40.6 Å². The molecular weight excluding hydrogens is 310 g/mol. The molecule has 2 fully saturated rings. The minimum Gasteiger partial charge on any atom is -0.489 e. The Bertz CT molecular complexity index is 655. The normalized spacial score (nSPS) is 23.6. The molecule has 4 rings (SSSR count). The third-order valence-corrected chi connectivity index (χ3v) is 5.54. The van der Waals surface area contributed by atoms with Crippen LogP contribution >= 0.6 is 11.3 Å². The lowest BCUT2D eigenvalue weighted by Crippen LogP contribution is -2.65. The van der Waals surface area contributed by atoms with E-state index in [9.17, 15) is 0 Å². The molecule has 0 N–H and O–H groups in total. The third-order valence-electron chi connectivity index (χ3n) is 4.62. The summed E-state index contributed by atoms with van der Waals surface area (Å²) >= 11 is 1.74. The zero-order valence-corrected chi connectivity index (χ0v) is 14.1. The second kappa shape index (κ2) is 6.19. The van der Waals surface area contributed by atoms with Crippen LogP contribution in [0, 0.1) is 6.92 Å². The van der Waals surface area contributed by atoms with Gasteiger partial charge in [0.1, 0.15) is 11.9 Å². The Balaban J connectivity index is 1.33. The van der Waals surface area contributed by atoms with Crippen molar-refractivity contribution in [3.63, 3.8) is 0 Å². The zero-order chi connectivity index (χ0) is 15.7. The molecule has 0 aromatic carbocycles. The summed E-state index contributed by atoms with van der Waals surface area (Å²) in [6.45, 7) is 5.80. The second-order valence-electron chi connectivity index (χ2n) is 6.46. The lowest BCUT2D eigenvalue weighted by molar-refractivity contribution is -0.187. The van der Waals surface area contributed by atoms with Gasteiger partial charge in [-0.3, -0.25) is 9.88 Å². The van der Waals surface area contributed by atoms with Gasteiger partial charge in [0.15, 0.2) is 0 Å². The molecule has 0 unspecified atom stereocenters. The highest BCUT2D eigenvalue weighted by Crippen LogP contribution is 2.36. The molecule has 2 saturated heterocycles. The van der Waals surface area contributed by atoms with Gasteiger partial charge in [-0.1, -0.05) is 0 Å². The molecule has 122 valence electrons. The van der Waals surface area contributed by atoms with Crippen LogP contribution in [0.15, 0.2) is 30.0 Å². The van der Waals surface area contributed by atoms with Crippen molar-refractivity contribution in [2.45, 2.75) is 38.0 Å². The van der Waals surface area contributed by atoms with Gasteiger partial charge in [-0.25, -0.2) is 4.98 Å². The number of aromatic nitrogens is 2. The van der Waals surface area contributed by atoms with E-state index in [1.807, 2.05) is 17.6 Å². The fourth-order valence-electron chi connectivity index (χ4n) is 3.47. The topological polar surface area (TPSA) is 47.5 Å². The second-order valence-corrected chi connectivity index (χ2v) is 7.40. The molecule has 1 spiro atoms. The van der Waals surface area contributed by atoms with E-state index in [1.54, 1.807) is 23.7 Å². The van der Waals surface area contributed by atoms with E-state index in [0.29, 0.717) is 0 Å². The maximum absolute atomic E-state index is 6.10. The molecule has 0 amide bonds. The summed E-state index contributed by atoms with van der Waals surface area (Å²) in [5, 5.41) is 0. The first-order chi connectivity index (χ1) is 11.2. The summed E-state index contributed by atoms with van der Waals surface area (Å²) in [4.78, 5) is 12.2. The standard InChI is InChI=1S/C17H21N3O2S/c1-13-16(23-12-19-13)9-20-10-17(11-20)7-14(4-6-21-17)22-15-3-2-5-18-8-15/h2-3,5,8,12,14H,4,6-7,9-11H2,1H3/t14-/m1/s1. The van der Waals surface area contributed by atoms with Crippen LogP contribution in [0.4, 0.5) is 0 Å². The molecule has 5 nitrogen and oxygen atoms in total. The highest BCUT2D eigenvalue weighted by atomic mass is 32.1. The van der Waals surface area contributed by atoms with Gasteiger partial charge in [0.05, 0.1) is 29.6 Å². The van der Waals surface area contributed by atoms with Crippen LogP contribution in [-0.4, -0.2) is 46.3 Å². The van der Waals surface area contributed by atoms with Crippen molar-refractivity contribution >= 4 is 11.3 Å². The maximum Gasteiger partial charge on any atom is 0.138 e. The molecular formula is C17H21N3O2S. The number of hydrogen-bond acceptors (Lipinski definition) is 6. The van der Waals surface area contributed by atoms with Crippen molar-refractivity contribution < 1.29 is 9.47 Å². The summed E-state index contributed by atoms with van der Waals surface area (Å²) in [5.74, 6) is 0.853. The van der Waals surface area contributed by atoms with Gasteiger partial charge < -0.3 is 9.47 Å². The lowest BCUT2D eigenvalue weighted by Gasteiger charge is -2.53. The molecule has 0 saturated carbocycles. The van der Waals surface area contributed by atoms with Gasteiger partial charge in [0, 0.05) is 43.5 Å². The monoisotopic (exact) mass is 331 g/mol. The largest absolute Gasteiger partial charge is 0.489 e. The first-order valence-corrected chi connectivity index (χ1v) is 8.92. The van der Waals surface area contributed by atoms with Crippen molar-refractivity contribution in [1.29, 1.82) is 0 Å². The van der Waals surface area contributed by atoms with E-state index in [0.717, 1.165) is 50.5 Å². The molecule has 6 heteroatoms. The number of rotatable bonds is 4. The molecule has 0 radical (unpaired) electrons. The molecule has 4 heterocycles. The average molecular weight is 331 g/mol. The molecule has 2 aliphatic rings. The fourth-order valence-corrected chi connectivity index (χ4v) is 4.29. The first kappa shape index (κ1) is 15.1. The molecule has 2 aliphatic heterocycles. The predicted molar refractivity (Wildman–Crippen MR) is 88.7 cm³/mol. The smallest absolute Gasteiger partial charge is 0.138 e. The summed E-state index contributed by atoms with van der Waals surface area (Å²) < 4.78 is 12.2. The van der Waals surface area contributed by atoms with Crippen LogP contribution in [-0.2, 0) is 11.3 Å². The minimum atomic E-state index is -0.0241. The number of thiazole rings is 1. The zero-order valence-electron chi connectivity index (χ0n) is 13.3. The summed E-state index contributed by atoms with van der Waals surface area (Å²) in [5.41, 5.74) is 3.05. The van der Waals surface area contributed by atoms with E-state index >= 15 is 0 Å². The number of aryl methyl sites for hydroxylation is 1. The quantitative estimate of drug-likeness (QED) is 0.862. The summed E-state index contributed by atoms with van der Waals surface area (Å²) in [7, 11) is 0. The number of hydrogen-bond donors (Lipinski definition) is 0.